The fraction of sp³-hybridized carbons (Fsp3) is 0.133. The Morgan fingerprint density at radius 2 is 2.08 bits per heavy atom. The number of ketones is 1. The zero-order valence-corrected chi connectivity index (χ0v) is 14.5. The summed E-state index contributed by atoms with van der Waals surface area (Å²) in [6.45, 7) is 0. The van der Waals surface area contributed by atoms with Gasteiger partial charge in [0.15, 0.2) is 10.8 Å². The van der Waals surface area contributed by atoms with Crippen LogP contribution in [0.2, 0.25) is 0 Å². The van der Waals surface area contributed by atoms with Crippen molar-refractivity contribution in [3.63, 3.8) is 0 Å². The summed E-state index contributed by atoms with van der Waals surface area (Å²) in [5.74, 6) is -1.60. The Bertz CT molecular complexity index is 799. The predicted molar refractivity (Wildman–Crippen MR) is 91.3 cm³/mol. The van der Waals surface area contributed by atoms with Crippen molar-refractivity contribution < 1.29 is 19.6 Å². The van der Waals surface area contributed by atoms with Crippen LogP contribution in [0.4, 0.5) is 5.69 Å². The number of pyridine rings is 1. The number of rotatable bonds is 7. The van der Waals surface area contributed by atoms with E-state index >= 15 is 0 Å². The van der Waals surface area contributed by atoms with Crippen molar-refractivity contribution >= 4 is 45.1 Å². The summed E-state index contributed by atoms with van der Waals surface area (Å²) in [4.78, 5) is 37.9. The molecule has 1 atom stereocenters. The number of aliphatic carboxylic acids is 1. The molecule has 1 N–H and O–H groups in total. The van der Waals surface area contributed by atoms with E-state index in [1.54, 1.807) is 24.3 Å². The maximum absolute atomic E-state index is 12.3. The molecule has 0 aliphatic heterocycles. The third-order valence-electron chi connectivity index (χ3n) is 2.99. The van der Waals surface area contributed by atoms with E-state index in [2.05, 4.69) is 20.9 Å². The fourth-order valence-electron chi connectivity index (χ4n) is 1.87. The van der Waals surface area contributed by atoms with E-state index in [1.807, 2.05) is 0 Å². The molecule has 0 amide bonds. The number of aromatic nitrogens is 1. The highest BCUT2D eigenvalue weighted by Gasteiger charge is 2.27. The number of hydrogen-bond donors (Lipinski definition) is 1. The minimum atomic E-state index is -1.23. The monoisotopic (exact) mass is 410 g/mol. The van der Waals surface area contributed by atoms with Crippen molar-refractivity contribution in [1.82, 2.24) is 4.98 Å². The van der Waals surface area contributed by atoms with Gasteiger partial charge in [0.05, 0.1) is 4.92 Å². The van der Waals surface area contributed by atoms with Crippen LogP contribution in [0.3, 0.4) is 0 Å². The molecule has 2 aromatic rings. The molecule has 0 aliphatic rings. The molecule has 0 saturated carbocycles. The number of Topliss-reactive ketones (excluding diaryl/α,β-unsaturated/α-hetero) is 1. The molecule has 24 heavy (non-hydrogen) atoms. The van der Waals surface area contributed by atoms with E-state index in [9.17, 15) is 24.8 Å². The number of hydrogen-bond acceptors (Lipinski definition) is 6. The van der Waals surface area contributed by atoms with Crippen molar-refractivity contribution in [1.29, 1.82) is 0 Å². The van der Waals surface area contributed by atoms with Crippen LogP contribution in [0, 0.1) is 10.1 Å². The van der Waals surface area contributed by atoms with Gasteiger partial charge in [0.1, 0.15) is 5.25 Å². The van der Waals surface area contributed by atoms with Crippen LogP contribution in [0.1, 0.15) is 16.8 Å². The van der Waals surface area contributed by atoms with Crippen LogP contribution < -0.4 is 0 Å². The van der Waals surface area contributed by atoms with Crippen LogP contribution >= 0.6 is 27.7 Å². The molecule has 9 heteroatoms. The normalized spacial score (nSPS) is 11.7. The van der Waals surface area contributed by atoms with E-state index < -0.39 is 16.1 Å². The average Bonchev–Trinajstić information content (AvgIpc) is 2.54. The SMILES string of the molecule is O=C(CC(Sc1ncccc1[N+](=O)[O-])C(=O)O)c1cccc(Br)c1. The number of carbonyl (C=O) groups excluding carboxylic acids is 1. The number of carboxylic acids is 1. The van der Waals surface area contributed by atoms with Crippen LogP contribution in [0.25, 0.3) is 0 Å². The average molecular weight is 411 g/mol. The summed E-state index contributed by atoms with van der Waals surface area (Å²) in [7, 11) is 0. The molecule has 1 aromatic carbocycles. The van der Waals surface area contributed by atoms with Gasteiger partial charge in [0.25, 0.3) is 0 Å². The second-order valence-corrected chi connectivity index (χ2v) is 6.77. The molecule has 1 unspecified atom stereocenters. The van der Waals surface area contributed by atoms with E-state index in [0.717, 1.165) is 0 Å². The zero-order valence-electron chi connectivity index (χ0n) is 12.1. The Morgan fingerprint density at radius 1 is 1.33 bits per heavy atom. The van der Waals surface area contributed by atoms with Gasteiger partial charge in [0, 0.05) is 28.7 Å². The molecule has 0 radical (unpaired) electrons. The molecule has 0 fully saturated rings. The van der Waals surface area contributed by atoms with Crippen LogP contribution in [-0.2, 0) is 4.79 Å². The summed E-state index contributed by atoms with van der Waals surface area (Å²) in [6.07, 6.45) is 1.04. The molecule has 1 heterocycles. The van der Waals surface area contributed by atoms with Crippen LogP contribution in [-0.4, -0.2) is 32.0 Å². The van der Waals surface area contributed by atoms with Crippen molar-refractivity contribution in [2.45, 2.75) is 16.7 Å². The number of halogens is 1. The van der Waals surface area contributed by atoms with E-state index in [1.165, 1.54) is 18.3 Å². The van der Waals surface area contributed by atoms with Crippen molar-refractivity contribution in [3.8, 4) is 0 Å². The molecule has 0 bridgehead atoms. The van der Waals surface area contributed by atoms with Gasteiger partial charge in [-0.1, -0.05) is 39.8 Å². The first kappa shape index (κ1) is 18.1. The minimum Gasteiger partial charge on any atom is -0.480 e. The van der Waals surface area contributed by atoms with Gasteiger partial charge in [-0.15, -0.1) is 0 Å². The first-order valence-corrected chi connectivity index (χ1v) is 8.33. The Labute approximate surface area is 149 Å². The third kappa shape index (κ3) is 4.62. The number of nitro groups is 1. The Hall–Kier alpha value is -2.26. The zero-order chi connectivity index (χ0) is 17.7. The first-order chi connectivity index (χ1) is 11.4. The van der Waals surface area contributed by atoms with E-state index in [-0.39, 0.29) is 22.9 Å². The fourth-order valence-corrected chi connectivity index (χ4v) is 3.26. The highest BCUT2D eigenvalue weighted by atomic mass is 79.9. The maximum Gasteiger partial charge on any atom is 0.317 e. The lowest BCUT2D eigenvalue weighted by Gasteiger charge is -2.11. The van der Waals surface area contributed by atoms with Crippen LogP contribution in [0.15, 0.2) is 52.1 Å². The Balaban J connectivity index is 2.20. The Kier molecular flexibility index (Phi) is 6.04. The molecule has 0 spiro atoms. The topological polar surface area (TPSA) is 110 Å². The van der Waals surface area contributed by atoms with Gasteiger partial charge in [-0.05, 0) is 18.2 Å². The second kappa shape index (κ2) is 8.02. The summed E-state index contributed by atoms with van der Waals surface area (Å²) < 4.78 is 0.702. The summed E-state index contributed by atoms with van der Waals surface area (Å²) in [5, 5.41) is 19.1. The number of benzene rings is 1. The van der Waals surface area contributed by atoms with Crippen molar-refractivity contribution in [2.24, 2.45) is 0 Å². The van der Waals surface area contributed by atoms with Crippen molar-refractivity contribution in [2.75, 3.05) is 0 Å². The number of nitrogens with zero attached hydrogens (tertiary/aromatic N) is 2. The molecular weight excluding hydrogens is 400 g/mol. The molecule has 7 nitrogen and oxygen atoms in total. The van der Waals surface area contributed by atoms with Gasteiger partial charge >= 0.3 is 11.7 Å². The number of carbonyl (C=O) groups is 2. The summed E-state index contributed by atoms with van der Waals surface area (Å²) in [6, 6.07) is 9.23. The largest absolute Gasteiger partial charge is 0.480 e. The minimum absolute atomic E-state index is 0.0306. The standard InChI is InChI=1S/C15H11BrN2O5S/c16-10-4-1-3-9(7-10)12(19)8-13(15(20)21)24-14-11(18(22)23)5-2-6-17-14/h1-7,13H,8H2,(H,20,21). The van der Waals surface area contributed by atoms with Gasteiger partial charge < -0.3 is 5.11 Å². The Morgan fingerprint density at radius 3 is 2.71 bits per heavy atom. The second-order valence-electron chi connectivity index (χ2n) is 4.67. The van der Waals surface area contributed by atoms with Crippen molar-refractivity contribution in [3.05, 3.63) is 62.7 Å². The number of thioether (sulfide) groups is 1. The smallest absolute Gasteiger partial charge is 0.317 e. The maximum atomic E-state index is 12.3. The van der Waals surface area contributed by atoms with Crippen LogP contribution in [0.5, 0.6) is 0 Å². The lowest BCUT2D eigenvalue weighted by atomic mass is 10.1. The molecule has 0 saturated heterocycles. The first-order valence-electron chi connectivity index (χ1n) is 6.66. The molecule has 124 valence electrons. The van der Waals surface area contributed by atoms with Gasteiger partial charge in [-0.25, -0.2) is 4.98 Å². The predicted octanol–water partition coefficient (Wildman–Crippen LogP) is 3.57. The summed E-state index contributed by atoms with van der Waals surface area (Å²) in [5.41, 5.74) is 0.0791. The van der Waals surface area contributed by atoms with Gasteiger partial charge in [-0.3, -0.25) is 19.7 Å². The molecule has 2 rings (SSSR count). The summed E-state index contributed by atoms with van der Waals surface area (Å²) >= 11 is 3.94. The van der Waals surface area contributed by atoms with Gasteiger partial charge in [0.2, 0.25) is 0 Å². The highest BCUT2D eigenvalue weighted by Crippen LogP contribution is 2.32. The molecular formula is C15H11BrN2O5S. The molecule has 1 aromatic heterocycles. The number of carboxylic acid groups (broad SMARTS) is 1. The van der Waals surface area contributed by atoms with E-state index in [4.69, 9.17) is 0 Å². The molecule has 0 aliphatic carbocycles. The quantitative estimate of drug-likeness (QED) is 0.321. The lowest BCUT2D eigenvalue weighted by molar-refractivity contribution is -0.388. The highest BCUT2D eigenvalue weighted by molar-refractivity contribution is 9.10. The third-order valence-corrected chi connectivity index (χ3v) is 4.68. The van der Waals surface area contributed by atoms with Gasteiger partial charge in [-0.2, -0.15) is 0 Å². The lowest BCUT2D eigenvalue weighted by Crippen LogP contribution is -2.21. The van der Waals surface area contributed by atoms with E-state index in [0.29, 0.717) is 21.8 Å².